The second kappa shape index (κ2) is 10.9. The lowest BCUT2D eigenvalue weighted by Gasteiger charge is -2.07. The number of rotatable bonds is 7. The summed E-state index contributed by atoms with van der Waals surface area (Å²) in [4.78, 5) is 9.51. The summed E-state index contributed by atoms with van der Waals surface area (Å²) >= 11 is 6.13. The Bertz CT molecular complexity index is 1560. The quantitative estimate of drug-likeness (QED) is 0.237. The number of nitrogens with zero attached hydrogens (tertiary/aromatic N) is 4. The predicted molar refractivity (Wildman–Crippen MR) is 149 cm³/mol. The molecule has 0 amide bonds. The van der Waals surface area contributed by atoms with Crippen LogP contribution >= 0.6 is 11.6 Å². The van der Waals surface area contributed by atoms with Crippen LogP contribution in [0.5, 0.6) is 11.5 Å². The van der Waals surface area contributed by atoms with Crippen molar-refractivity contribution in [1.29, 1.82) is 0 Å². The van der Waals surface area contributed by atoms with Gasteiger partial charge in [0.15, 0.2) is 0 Å². The zero-order chi connectivity index (χ0) is 25.6. The molecule has 0 spiro atoms. The molecule has 0 unspecified atom stereocenters. The van der Waals surface area contributed by atoms with Gasteiger partial charge in [-0.25, -0.2) is 9.98 Å². The highest BCUT2D eigenvalue weighted by Crippen LogP contribution is 2.35. The number of benzene rings is 4. The number of methoxy groups -OCH3 is 1. The van der Waals surface area contributed by atoms with E-state index in [1.54, 1.807) is 30.1 Å². The number of aliphatic imine (C=N–C) groups is 1. The van der Waals surface area contributed by atoms with E-state index in [9.17, 15) is 5.11 Å². The number of phenolic OH excluding ortho intramolecular Hbond substituents is 1. The van der Waals surface area contributed by atoms with Gasteiger partial charge in [-0.15, -0.1) is 0 Å². The summed E-state index contributed by atoms with van der Waals surface area (Å²) in [7, 11) is 1.63. The molecule has 37 heavy (non-hydrogen) atoms. The van der Waals surface area contributed by atoms with Gasteiger partial charge < -0.3 is 9.84 Å². The summed E-state index contributed by atoms with van der Waals surface area (Å²) in [6, 6.07) is 32.2. The molecule has 0 aliphatic heterocycles. The largest absolute Gasteiger partial charge is 0.507 e. The lowest BCUT2D eigenvalue weighted by atomic mass is 10.1. The van der Waals surface area contributed by atoms with Crippen LogP contribution in [0, 0.1) is 0 Å². The fourth-order valence-electron chi connectivity index (χ4n) is 3.82. The predicted octanol–water partition coefficient (Wildman–Crippen LogP) is 7.22. The van der Waals surface area contributed by atoms with Gasteiger partial charge in [-0.2, -0.15) is 9.78 Å². The van der Waals surface area contributed by atoms with Crippen LogP contribution in [0.2, 0.25) is 5.02 Å². The summed E-state index contributed by atoms with van der Waals surface area (Å²) in [5.74, 6) is 1.18. The minimum atomic E-state index is 0.0690. The zero-order valence-corrected chi connectivity index (χ0v) is 20.7. The van der Waals surface area contributed by atoms with Gasteiger partial charge in [-0.05, 0) is 48.0 Å². The highest BCUT2D eigenvalue weighted by atomic mass is 35.5. The van der Waals surface area contributed by atoms with E-state index in [1.165, 1.54) is 12.3 Å². The van der Waals surface area contributed by atoms with Gasteiger partial charge in [0.25, 0.3) is 5.95 Å². The summed E-state index contributed by atoms with van der Waals surface area (Å²) in [5, 5.41) is 15.6. The maximum Gasteiger partial charge on any atom is 0.251 e. The van der Waals surface area contributed by atoms with Crippen LogP contribution in [-0.4, -0.2) is 34.3 Å². The Morgan fingerprint density at radius 2 is 1.51 bits per heavy atom. The van der Waals surface area contributed by atoms with Gasteiger partial charge in [0.2, 0.25) is 0 Å². The highest BCUT2D eigenvalue weighted by Gasteiger charge is 2.20. The summed E-state index contributed by atoms with van der Waals surface area (Å²) in [6.07, 6.45) is 3.28. The first-order chi connectivity index (χ1) is 18.1. The van der Waals surface area contributed by atoms with Gasteiger partial charge in [0, 0.05) is 27.9 Å². The van der Waals surface area contributed by atoms with Crippen LogP contribution in [0.4, 0.5) is 5.95 Å². The third kappa shape index (κ3) is 5.44. The highest BCUT2D eigenvalue weighted by molar-refractivity contribution is 6.30. The molecule has 0 radical (unpaired) electrons. The van der Waals surface area contributed by atoms with Crippen molar-refractivity contribution in [2.24, 2.45) is 10.1 Å². The molecule has 6 nitrogen and oxygen atoms in total. The number of hydrogen-bond donors (Lipinski definition) is 1. The molecule has 5 aromatic rings. The van der Waals surface area contributed by atoms with Crippen molar-refractivity contribution in [2.45, 2.75) is 0 Å². The van der Waals surface area contributed by atoms with Crippen LogP contribution < -0.4 is 4.74 Å². The molecule has 7 heteroatoms. The van der Waals surface area contributed by atoms with Gasteiger partial charge in [-0.1, -0.05) is 72.3 Å². The summed E-state index contributed by atoms with van der Waals surface area (Å²) in [6.45, 7) is 0. The fourth-order valence-corrected chi connectivity index (χ4v) is 4.00. The van der Waals surface area contributed by atoms with E-state index in [-0.39, 0.29) is 5.75 Å². The second-order valence-corrected chi connectivity index (χ2v) is 8.57. The van der Waals surface area contributed by atoms with Crippen molar-refractivity contribution in [3.8, 4) is 34.0 Å². The van der Waals surface area contributed by atoms with Gasteiger partial charge in [0.1, 0.15) is 22.9 Å². The smallest absolute Gasteiger partial charge is 0.251 e. The van der Waals surface area contributed by atoms with Crippen molar-refractivity contribution >= 4 is 30.0 Å². The Morgan fingerprint density at radius 3 is 2.19 bits per heavy atom. The van der Waals surface area contributed by atoms with E-state index in [2.05, 4.69) is 4.99 Å². The average Bonchev–Trinajstić information content (AvgIpc) is 3.32. The van der Waals surface area contributed by atoms with Crippen LogP contribution in [0.1, 0.15) is 11.1 Å². The Morgan fingerprint density at radius 1 is 0.838 bits per heavy atom. The van der Waals surface area contributed by atoms with E-state index >= 15 is 0 Å². The van der Waals surface area contributed by atoms with Crippen molar-refractivity contribution in [3.05, 3.63) is 119 Å². The molecule has 1 heterocycles. The molecule has 0 bridgehead atoms. The van der Waals surface area contributed by atoms with Crippen LogP contribution in [-0.2, 0) is 0 Å². The van der Waals surface area contributed by atoms with Crippen molar-refractivity contribution < 1.29 is 9.84 Å². The van der Waals surface area contributed by atoms with Gasteiger partial charge in [0.05, 0.1) is 13.3 Å². The number of phenols is 1. The first-order valence-electron chi connectivity index (χ1n) is 11.6. The fraction of sp³-hybridized carbons (Fsp3) is 0.0333. The standard InChI is InChI=1S/C30H23ClN4O2/c1-37-26-15-12-21(13-16-26)19-33-35-29(23-10-6-3-7-11-23)28(22-8-4-2-5-9-22)34-30(35)32-20-24-18-25(31)14-17-27(24)36/h2-20,36H,1H3/b32-20-,33-19-. The molecule has 1 N–H and O–H groups in total. The molecule has 5 rings (SSSR count). The average molecular weight is 507 g/mol. The third-order valence-electron chi connectivity index (χ3n) is 5.68. The molecule has 1 aromatic heterocycles. The first-order valence-corrected chi connectivity index (χ1v) is 11.9. The number of hydrogen-bond acceptors (Lipinski definition) is 5. The molecule has 0 aliphatic carbocycles. The van der Waals surface area contributed by atoms with Crippen LogP contribution in [0.3, 0.4) is 0 Å². The zero-order valence-electron chi connectivity index (χ0n) is 20.0. The lowest BCUT2D eigenvalue weighted by molar-refractivity contribution is 0.415. The first kappa shape index (κ1) is 24.0. The van der Waals surface area contributed by atoms with E-state index in [0.717, 1.165) is 33.8 Å². The molecular weight excluding hydrogens is 484 g/mol. The Labute approximate surface area is 219 Å². The molecule has 0 saturated carbocycles. The number of aromatic hydroxyl groups is 1. The van der Waals surface area contributed by atoms with E-state index in [0.29, 0.717) is 16.5 Å². The van der Waals surface area contributed by atoms with Crippen molar-refractivity contribution in [3.63, 3.8) is 0 Å². The van der Waals surface area contributed by atoms with Crippen LogP contribution in [0.15, 0.2) is 113 Å². The van der Waals surface area contributed by atoms with Gasteiger partial charge >= 0.3 is 0 Å². The van der Waals surface area contributed by atoms with Crippen LogP contribution in [0.25, 0.3) is 22.5 Å². The maximum atomic E-state index is 10.3. The Balaban J connectivity index is 1.69. The Hall–Kier alpha value is -4.68. The maximum absolute atomic E-state index is 10.3. The molecule has 0 saturated heterocycles. The minimum absolute atomic E-state index is 0.0690. The molecule has 182 valence electrons. The molecular formula is C30H23ClN4O2. The van der Waals surface area contributed by atoms with Crippen molar-refractivity contribution in [1.82, 2.24) is 9.66 Å². The van der Waals surface area contributed by atoms with Crippen molar-refractivity contribution in [2.75, 3.05) is 7.11 Å². The number of halogens is 1. The second-order valence-electron chi connectivity index (χ2n) is 8.13. The third-order valence-corrected chi connectivity index (χ3v) is 5.91. The molecule has 0 atom stereocenters. The molecule has 0 aliphatic rings. The number of ether oxygens (including phenoxy) is 1. The number of imidazole rings is 1. The SMILES string of the molecule is COc1ccc(/C=N\n2c(/N=C\c3cc(Cl)ccc3O)nc(-c3ccccc3)c2-c2ccccc2)cc1. The number of aromatic nitrogens is 2. The van der Waals surface area contributed by atoms with E-state index in [1.807, 2.05) is 84.9 Å². The molecule has 0 fully saturated rings. The van der Waals surface area contributed by atoms with Gasteiger partial charge in [-0.3, -0.25) is 0 Å². The summed E-state index contributed by atoms with van der Waals surface area (Å²) < 4.78 is 6.97. The topological polar surface area (TPSA) is 72.0 Å². The van der Waals surface area contributed by atoms with E-state index < -0.39 is 0 Å². The summed E-state index contributed by atoms with van der Waals surface area (Å²) in [5.41, 5.74) is 4.76. The van der Waals surface area contributed by atoms with E-state index in [4.69, 9.17) is 26.4 Å². The molecule has 4 aromatic carbocycles. The Kier molecular flexibility index (Phi) is 7.10. The normalized spacial score (nSPS) is 11.4. The monoisotopic (exact) mass is 506 g/mol. The minimum Gasteiger partial charge on any atom is -0.507 e. The lowest BCUT2D eigenvalue weighted by Crippen LogP contribution is -1.95.